The summed E-state index contributed by atoms with van der Waals surface area (Å²) in [7, 11) is 0. The largest absolute Gasteiger partial charge is 0.417 e. The summed E-state index contributed by atoms with van der Waals surface area (Å²) in [6.45, 7) is 1.66. The van der Waals surface area contributed by atoms with E-state index in [-0.39, 0.29) is 17.2 Å². The molecule has 134 valence electrons. The fourth-order valence-corrected chi connectivity index (χ4v) is 3.07. The summed E-state index contributed by atoms with van der Waals surface area (Å²) in [5, 5.41) is 0.600. The number of ether oxygens (including phenoxy) is 1. The fourth-order valence-electron chi connectivity index (χ4n) is 3.07. The van der Waals surface area contributed by atoms with Gasteiger partial charge in [-0.2, -0.15) is 13.2 Å². The minimum atomic E-state index is -4.51. The van der Waals surface area contributed by atoms with E-state index in [0.717, 1.165) is 11.8 Å². The zero-order valence-electron chi connectivity index (χ0n) is 13.6. The number of alkyl halides is 3. The van der Waals surface area contributed by atoms with Crippen molar-refractivity contribution in [3.8, 4) is 11.4 Å². The molecule has 0 unspecified atom stereocenters. The molecule has 1 aliphatic heterocycles. The van der Waals surface area contributed by atoms with Crippen molar-refractivity contribution in [3.05, 3.63) is 48.0 Å². The van der Waals surface area contributed by atoms with Crippen molar-refractivity contribution in [1.82, 2.24) is 9.97 Å². The Hall–Kier alpha value is -2.87. The van der Waals surface area contributed by atoms with E-state index in [0.29, 0.717) is 30.8 Å². The molecule has 8 heteroatoms. The van der Waals surface area contributed by atoms with Crippen LogP contribution in [0.5, 0.6) is 0 Å². The van der Waals surface area contributed by atoms with E-state index in [2.05, 4.69) is 9.97 Å². The molecule has 2 heterocycles. The molecular weight excluding hydrogens is 345 g/mol. The maximum absolute atomic E-state index is 13.4. The monoisotopic (exact) mass is 360 g/mol. The number of anilines is 2. The number of rotatable bonds is 2. The van der Waals surface area contributed by atoms with Gasteiger partial charge in [0.1, 0.15) is 12.5 Å². The van der Waals surface area contributed by atoms with Crippen LogP contribution in [0.2, 0.25) is 0 Å². The zero-order chi connectivity index (χ0) is 18.3. The predicted octanol–water partition coefficient (Wildman–Crippen LogP) is 3.69. The summed E-state index contributed by atoms with van der Waals surface area (Å²) in [5.74, 6) is 0.0967. The number of nitrogens with two attached hydrogens (primary N) is 1. The number of aromatic nitrogens is 2. The molecule has 0 atom stereocenters. The molecule has 26 heavy (non-hydrogen) atoms. The number of para-hydroxylation sites is 1. The summed E-state index contributed by atoms with van der Waals surface area (Å²) in [5.41, 5.74) is 6.43. The minimum Gasteiger partial charge on any atom is -0.383 e. The van der Waals surface area contributed by atoms with Gasteiger partial charge in [-0.15, -0.1) is 0 Å². The van der Waals surface area contributed by atoms with Crippen LogP contribution >= 0.6 is 0 Å². The highest BCUT2D eigenvalue weighted by atomic mass is 19.4. The van der Waals surface area contributed by atoms with Gasteiger partial charge in [-0.3, -0.25) is 0 Å². The van der Waals surface area contributed by atoms with Crippen molar-refractivity contribution >= 4 is 22.4 Å². The molecule has 0 saturated carbocycles. The Kier molecular flexibility index (Phi) is 3.91. The van der Waals surface area contributed by atoms with Gasteiger partial charge in [0.25, 0.3) is 0 Å². The van der Waals surface area contributed by atoms with Gasteiger partial charge in [-0.05, 0) is 18.2 Å². The van der Waals surface area contributed by atoms with E-state index >= 15 is 0 Å². The Bertz CT molecular complexity index is 968. The van der Waals surface area contributed by atoms with Crippen molar-refractivity contribution in [1.29, 1.82) is 0 Å². The van der Waals surface area contributed by atoms with Crippen molar-refractivity contribution in [2.45, 2.75) is 6.18 Å². The third kappa shape index (κ3) is 2.82. The molecule has 0 aliphatic carbocycles. The van der Waals surface area contributed by atoms with Gasteiger partial charge >= 0.3 is 6.18 Å². The highest BCUT2D eigenvalue weighted by Gasteiger charge is 2.34. The van der Waals surface area contributed by atoms with E-state index in [1.165, 1.54) is 18.2 Å². The molecule has 2 N–H and O–H groups in total. The highest BCUT2D eigenvalue weighted by molar-refractivity contribution is 5.98. The van der Waals surface area contributed by atoms with Crippen LogP contribution < -0.4 is 10.6 Å². The molecule has 1 fully saturated rings. The number of hydrogen-bond donors (Lipinski definition) is 1. The molecule has 2 aromatic carbocycles. The van der Waals surface area contributed by atoms with Crippen LogP contribution in [0.1, 0.15) is 5.56 Å². The van der Waals surface area contributed by atoms with E-state index in [9.17, 15) is 13.2 Å². The first kappa shape index (κ1) is 16.6. The first-order chi connectivity index (χ1) is 12.4. The van der Waals surface area contributed by atoms with Gasteiger partial charge in [-0.25, -0.2) is 9.97 Å². The number of hydrogen-bond acceptors (Lipinski definition) is 5. The van der Waals surface area contributed by atoms with E-state index in [1.807, 2.05) is 17.0 Å². The lowest BCUT2D eigenvalue weighted by molar-refractivity contribution is -0.137. The molecule has 0 bridgehead atoms. The number of benzene rings is 2. The molecule has 0 amide bonds. The molecule has 4 rings (SSSR count). The summed E-state index contributed by atoms with van der Waals surface area (Å²) < 4.78 is 45.5. The van der Waals surface area contributed by atoms with E-state index in [1.54, 1.807) is 6.07 Å². The quantitative estimate of drug-likeness (QED) is 0.755. The standard InChI is InChI=1S/C18H15F3N4O/c19-18(20,21)13-6-2-1-4-11(13)17-23-15-12(16(22)24-17)5-3-7-14(15)25-8-9-26-10-25/h1-7H,8-10H2,(H2,22,23,24). The summed E-state index contributed by atoms with van der Waals surface area (Å²) in [6.07, 6.45) is -4.51. The lowest BCUT2D eigenvalue weighted by Crippen LogP contribution is -2.19. The summed E-state index contributed by atoms with van der Waals surface area (Å²) >= 11 is 0. The molecule has 1 saturated heterocycles. The van der Waals surface area contributed by atoms with Crippen molar-refractivity contribution in [2.75, 3.05) is 30.5 Å². The molecule has 0 spiro atoms. The molecule has 1 aliphatic rings. The third-order valence-corrected chi connectivity index (χ3v) is 4.30. The first-order valence-corrected chi connectivity index (χ1v) is 8.00. The van der Waals surface area contributed by atoms with Gasteiger partial charge in [0, 0.05) is 17.5 Å². The topological polar surface area (TPSA) is 64.3 Å². The molecule has 1 aromatic heterocycles. The Morgan fingerprint density at radius 1 is 1.04 bits per heavy atom. The van der Waals surface area contributed by atoms with Crippen molar-refractivity contribution in [2.24, 2.45) is 0 Å². The van der Waals surface area contributed by atoms with Gasteiger partial charge in [0.2, 0.25) is 0 Å². The predicted molar refractivity (Wildman–Crippen MR) is 92.6 cm³/mol. The average molecular weight is 360 g/mol. The second kappa shape index (κ2) is 6.14. The van der Waals surface area contributed by atoms with Gasteiger partial charge in [-0.1, -0.05) is 24.3 Å². The SMILES string of the molecule is Nc1nc(-c2ccccc2C(F)(F)F)nc2c(N3CCOC3)cccc12. The Balaban J connectivity index is 1.94. The minimum absolute atomic E-state index is 0.0458. The third-order valence-electron chi connectivity index (χ3n) is 4.30. The number of halogens is 3. The van der Waals surface area contributed by atoms with Crippen LogP contribution in [-0.2, 0) is 10.9 Å². The van der Waals surface area contributed by atoms with Gasteiger partial charge in [0.05, 0.1) is 23.4 Å². The number of nitrogen functional groups attached to an aromatic ring is 1. The lowest BCUT2D eigenvalue weighted by atomic mass is 10.1. The maximum atomic E-state index is 13.4. The molecule has 0 radical (unpaired) electrons. The second-order valence-corrected chi connectivity index (χ2v) is 5.95. The number of fused-ring (bicyclic) bond motifs is 1. The molecular formula is C18H15F3N4O. The maximum Gasteiger partial charge on any atom is 0.417 e. The van der Waals surface area contributed by atoms with E-state index in [4.69, 9.17) is 10.5 Å². The number of nitrogens with zero attached hydrogens (tertiary/aromatic N) is 3. The zero-order valence-corrected chi connectivity index (χ0v) is 13.6. The first-order valence-electron chi connectivity index (χ1n) is 8.00. The average Bonchev–Trinajstić information content (AvgIpc) is 3.15. The van der Waals surface area contributed by atoms with E-state index < -0.39 is 11.7 Å². The van der Waals surface area contributed by atoms with Crippen molar-refractivity contribution < 1.29 is 17.9 Å². The fraction of sp³-hybridized carbons (Fsp3) is 0.222. The highest BCUT2D eigenvalue weighted by Crippen LogP contribution is 2.37. The van der Waals surface area contributed by atoms with Gasteiger partial charge in [0.15, 0.2) is 5.82 Å². The smallest absolute Gasteiger partial charge is 0.383 e. The Labute approximate surface area is 147 Å². The normalized spacial score (nSPS) is 15.0. The summed E-state index contributed by atoms with van der Waals surface area (Å²) in [4.78, 5) is 10.5. The molecule has 5 nitrogen and oxygen atoms in total. The van der Waals surface area contributed by atoms with Crippen LogP contribution in [0.4, 0.5) is 24.7 Å². The van der Waals surface area contributed by atoms with Crippen LogP contribution in [0, 0.1) is 0 Å². The Morgan fingerprint density at radius 2 is 1.85 bits per heavy atom. The van der Waals surface area contributed by atoms with Crippen LogP contribution in [0.25, 0.3) is 22.3 Å². The second-order valence-electron chi connectivity index (χ2n) is 5.95. The summed E-state index contributed by atoms with van der Waals surface area (Å²) in [6, 6.07) is 10.6. The Morgan fingerprint density at radius 3 is 2.58 bits per heavy atom. The van der Waals surface area contributed by atoms with Crippen molar-refractivity contribution in [3.63, 3.8) is 0 Å². The van der Waals surface area contributed by atoms with Crippen LogP contribution in [-0.4, -0.2) is 29.9 Å². The van der Waals surface area contributed by atoms with Crippen LogP contribution in [0.15, 0.2) is 42.5 Å². The van der Waals surface area contributed by atoms with Gasteiger partial charge < -0.3 is 15.4 Å². The van der Waals surface area contributed by atoms with Crippen LogP contribution in [0.3, 0.4) is 0 Å². The lowest BCUT2D eigenvalue weighted by Gasteiger charge is -2.19. The molecule has 3 aromatic rings.